The van der Waals surface area contributed by atoms with Gasteiger partial charge >= 0.3 is 0 Å². The van der Waals surface area contributed by atoms with E-state index in [1.54, 1.807) is 12.1 Å². The van der Waals surface area contributed by atoms with E-state index in [0.29, 0.717) is 12.2 Å². The summed E-state index contributed by atoms with van der Waals surface area (Å²) in [5, 5.41) is 19.0. The van der Waals surface area contributed by atoms with Crippen LogP contribution in [0.1, 0.15) is 76.4 Å². The second-order valence-corrected chi connectivity index (χ2v) is 6.54. The Morgan fingerprint density at radius 3 is 2.20 bits per heavy atom. The van der Waals surface area contributed by atoms with Crippen molar-refractivity contribution in [2.24, 2.45) is 5.73 Å². The molecule has 146 valence electrons. The fraction of sp³-hybridized carbons (Fsp3) is 0.700. The zero-order valence-electron chi connectivity index (χ0n) is 15.5. The van der Waals surface area contributed by atoms with Gasteiger partial charge in [0, 0.05) is 0 Å². The number of aliphatic hydroxyl groups excluding tert-OH is 2. The molecule has 2 unspecified atom stereocenters. The maximum absolute atomic E-state index is 10.0. The number of unbranched alkanes of at least 4 members (excludes halogenated alkanes) is 8. The SMILES string of the molecule is CCCCCCCCCCCOc1cccc(C(O)C(N)CO)c1.Cl. The first-order valence-corrected chi connectivity index (χ1v) is 9.46. The Morgan fingerprint density at radius 2 is 1.60 bits per heavy atom. The van der Waals surface area contributed by atoms with Crippen molar-refractivity contribution in [1.29, 1.82) is 0 Å². The fourth-order valence-corrected chi connectivity index (χ4v) is 2.74. The van der Waals surface area contributed by atoms with Crippen LogP contribution in [0.2, 0.25) is 0 Å². The summed E-state index contributed by atoms with van der Waals surface area (Å²) >= 11 is 0. The Balaban J connectivity index is 0.00000576. The van der Waals surface area contributed by atoms with Crippen LogP contribution in [0.5, 0.6) is 5.75 Å². The lowest BCUT2D eigenvalue weighted by Crippen LogP contribution is -2.31. The van der Waals surface area contributed by atoms with Crippen LogP contribution in [-0.2, 0) is 0 Å². The van der Waals surface area contributed by atoms with Gasteiger partial charge in [-0.3, -0.25) is 0 Å². The highest BCUT2D eigenvalue weighted by Gasteiger charge is 2.16. The molecule has 0 aliphatic carbocycles. The van der Waals surface area contributed by atoms with Crippen LogP contribution in [-0.4, -0.2) is 29.5 Å². The molecule has 0 aromatic heterocycles. The average molecular weight is 374 g/mol. The molecule has 0 fully saturated rings. The van der Waals surface area contributed by atoms with E-state index in [1.807, 2.05) is 12.1 Å². The molecule has 0 spiro atoms. The summed E-state index contributed by atoms with van der Waals surface area (Å²) in [6, 6.07) is 6.65. The van der Waals surface area contributed by atoms with Gasteiger partial charge in [0.25, 0.3) is 0 Å². The van der Waals surface area contributed by atoms with Gasteiger partial charge in [-0.1, -0.05) is 70.4 Å². The van der Waals surface area contributed by atoms with E-state index >= 15 is 0 Å². The number of ether oxygens (including phenoxy) is 1. The van der Waals surface area contributed by atoms with Gasteiger partial charge in [-0.25, -0.2) is 0 Å². The standard InChI is InChI=1S/C20H35NO3.ClH/c1-2-3-4-5-6-7-8-9-10-14-24-18-13-11-12-17(15-18)20(23)19(21)16-22;/h11-13,15,19-20,22-23H,2-10,14,16,21H2,1H3;1H. The first-order valence-electron chi connectivity index (χ1n) is 9.46. The number of benzene rings is 1. The number of aliphatic hydroxyl groups is 2. The third-order valence-electron chi connectivity index (χ3n) is 4.33. The lowest BCUT2D eigenvalue weighted by molar-refractivity contribution is 0.109. The van der Waals surface area contributed by atoms with Gasteiger partial charge in [0.2, 0.25) is 0 Å². The largest absolute Gasteiger partial charge is 0.494 e. The normalized spacial score (nSPS) is 13.1. The molecule has 2 atom stereocenters. The van der Waals surface area contributed by atoms with Crippen molar-refractivity contribution < 1.29 is 14.9 Å². The van der Waals surface area contributed by atoms with E-state index in [1.165, 1.54) is 51.4 Å². The molecule has 0 aliphatic heterocycles. The quantitative estimate of drug-likeness (QED) is 0.423. The number of rotatable bonds is 14. The Morgan fingerprint density at radius 1 is 1.00 bits per heavy atom. The summed E-state index contributed by atoms with van der Waals surface area (Å²) in [6.07, 6.45) is 10.8. The van der Waals surface area contributed by atoms with Gasteiger partial charge in [-0.05, 0) is 24.1 Å². The monoisotopic (exact) mass is 373 g/mol. The minimum Gasteiger partial charge on any atom is -0.494 e. The zero-order valence-corrected chi connectivity index (χ0v) is 16.3. The fourth-order valence-electron chi connectivity index (χ4n) is 2.74. The Labute approximate surface area is 159 Å². The van der Waals surface area contributed by atoms with Crippen LogP contribution in [0.15, 0.2) is 24.3 Å². The number of halogens is 1. The zero-order chi connectivity index (χ0) is 17.6. The van der Waals surface area contributed by atoms with E-state index in [4.69, 9.17) is 15.6 Å². The molecule has 0 radical (unpaired) electrons. The van der Waals surface area contributed by atoms with Gasteiger partial charge in [0.15, 0.2) is 0 Å². The summed E-state index contributed by atoms with van der Waals surface area (Å²) in [7, 11) is 0. The first kappa shape index (κ1) is 24.2. The summed E-state index contributed by atoms with van der Waals surface area (Å²) in [5.41, 5.74) is 6.35. The minimum atomic E-state index is -0.869. The Bertz CT molecular complexity index is 431. The molecular formula is C20H36ClNO3. The van der Waals surface area contributed by atoms with Crippen LogP contribution in [0, 0.1) is 0 Å². The van der Waals surface area contributed by atoms with Gasteiger partial charge in [-0.2, -0.15) is 0 Å². The third kappa shape index (κ3) is 10.7. The van der Waals surface area contributed by atoms with E-state index < -0.39 is 12.1 Å². The summed E-state index contributed by atoms with van der Waals surface area (Å²) in [6.45, 7) is 2.70. The van der Waals surface area contributed by atoms with Crippen LogP contribution in [0.3, 0.4) is 0 Å². The van der Waals surface area contributed by atoms with E-state index in [2.05, 4.69) is 6.92 Å². The van der Waals surface area contributed by atoms with Crippen LogP contribution in [0.25, 0.3) is 0 Å². The highest BCUT2D eigenvalue weighted by molar-refractivity contribution is 5.85. The Kier molecular flexibility index (Phi) is 14.9. The molecule has 4 N–H and O–H groups in total. The third-order valence-corrected chi connectivity index (χ3v) is 4.33. The maximum Gasteiger partial charge on any atom is 0.119 e. The van der Waals surface area contributed by atoms with Crippen molar-refractivity contribution in [2.75, 3.05) is 13.2 Å². The molecule has 1 rings (SSSR count). The molecule has 0 saturated carbocycles. The van der Waals surface area contributed by atoms with Crippen molar-refractivity contribution in [1.82, 2.24) is 0 Å². The minimum absolute atomic E-state index is 0. The molecule has 4 nitrogen and oxygen atoms in total. The maximum atomic E-state index is 10.0. The summed E-state index contributed by atoms with van der Waals surface area (Å²) in [4.78, 5) is 0. The number of hydrogen-bond acceptors (Lipinski definition) is 4. The Hall–Kier alpha value is -0.810. The van der Waals surface area contributed by atoms with E-state index in [9.17, 15) is 5.11 Å². The predicted octanol–water partition coefficient (Wildman–Crippen LogP) is 4.37. The first-order chi connectivity index (χ1) is 11.7. The van der Waals surface area contributed by atoms with E-state index in [-0.39, 0.29) is 19.0 Å². The van der Waals surface area contributed by atoms with Gasteiger partial charge in [-0.15, -0.1) is 12.4 Å². The van der Waals surface area contributed by atoms with Crippen molar-refractivity contribution in [3.8, 4) is 5.75 Å². The van der Waals surface area contributed by atoms with Crippen molar-refractivity contribution in [2.45, 2.75) is 76.9 Å². The average Bonchev–Trinajstić information content (AvgIpc) is 2.62. The second kappa shape index (κ2) is 15.4. The van der Waals surface area contributed by atoms with Gasteiger partial charge < -0.3 is 20.7 Å². The lowest BCUT2D eigenvalue weighted by Gasteiger charge is -2.17. The molecule has 0 amide bonds. The second-order valence-electron chi connectivity index (χ2n) is 6.54. The molecule has 0 bridgehead atoms. The molecule has 0 aliphatic rings. The number of nitrogens with two attached hydrogens (primary N) is 1. The molecule has 1 aromatic rings. The molecular weight excluding hydrogens is 338 g/mol. The molecule has 0 saturated heterocycles. The van der Waals surface area contributed by atoms with Crippen molar-refractivity contribution in [3.63, 3.8) is 0 Å². The highest BCUT2D eigenvalue weighted by Crippen LogP contribution is 2.21. The van der Waals surface area contributed by atoms with Crippen LogP contribution < -0.4 is 10.5 Å². The van der Waals surface area contributed by atoms with Crippen LogP contribution >= 0.6 is 12.4 Å². The smallest absolute Gasteiger partial charge is 0.119 e. The topological polar surface area (TPSA) is 75.7 Å². The van der Waals surface area contributed by atoms with Gasteiger partial charge in [0.1, 0.15) is 5.75 Å². The molecule has 0 heterocycles. The van der Waals surface area contributed by atoms with Crippen LogP contribution in [0.4, 0.5) is 0 Å². The van der Waals surface area contributed by atoms with Gasteiger partial charge in [0.05, 0.1) is 25.4 Å². The van der Waals surface area contributed by atoms with E-state index in [0.717, 1.165) is 12.2 Å². The predicted molar refractivity (Wildman–Crippen MR) is 106 cm³/mol. The molecule has 1 aromatic carbocycles. The van der Waals surface area contributed by atoms with Crippen molar-refractivity contribution >= 4 is 12.4 Å². The summed E-state index contributed by atoms with van der Waals surface area (Å²) < 4.78 is 5.76. The highest BCUT2D eigenvalue weighted by atomic mass is 35.5. The number of hydrogen-bond donors (Lipinski definition) is 3. The molecule has 5 heteroatoms. The summed E-state index contributed by atoms with van der Waals surface area (Å²) in [5.74, 6) is 0.747. The van der Waals surface area contributed by atoms with Crippen molar-refractivity contribution in [3.05, 3.63) is 29.8 Å². The lowest BCUT2D eigenvalue weighted by atomic mass is 10.0. The molecule has 25 heavy (non-hydrogen) atoms.